The molecule has 1 aromatic carbocycles. The summed E-state index contributed by atoms with van der Waals surface area (Å²) in [5, 5.41) is 0. The predicted molar refractivity (Wildman–Crippen MR) is 80.3 cm³/mol. The molecule has 5 nitrogen and oxygen atoms in total. The highest BCUT2D eigenvalue weighted by Gasteiger charge is 2.30. The van der Waals surface area contributed by atoms with Crippen molar-refractivity contribution in [3.8, 4) is 0 Å². The Hall–Kier alpha value is -1.73. The highest BCUT2D eigenvalue weighted by atomic mass is 32.2. The zero-order valence-electron chi connectivity index (χ0n) is 12.5. The van der Waals surface area contributed by atoms with Gasteiger partial charge in [-0.1, -0.05) is 0 Å². The highest BCUT2D eigenvalue weighted by Crippen LogP contribution is 2.26. The van der Waals surface area contributed by atoms with Crippen molar-refractivity contribution in [1.82, 2.24) is 13.9 Å². The molecule has 0 bridgehead atoms. The average molecular weight is 323 g/mol. The van der Waals surface area contributed by atoms with Gasteiger partial charge in [0.25, 0.3) is 0 Å². The Balaban J connectivity index is 1.93. The van der Waals surface area contributed by atoms with Crippen molar-refractivity contribution in [2.75, 3.05) is 6.54 Å². The van der Waals surface area contributed by atoms with Crippen molar-refractivity contribution in [3.63, 3.8) is 0 Å². The first kappa shape index (κ1) is 15.2. The maximum absolute atomic E-state index is 13.0. The molecule has 0 amide bonds. The van der Waals surface area contributed by atoms with Crippen molar-refractivity contribution in [3.05, 3.63) is 47.8 Å². The van der Waals surface area contributed by atoms with Crippen LogP contribution in [0.5, 0.6) is 0 Å². The second kappa shape index (κ2) is 5.48. The molecule has 1 aliphatic heterocycles. The Labute approximate surface area is 129 Å². The summed E-state index contributed by atoms with van der Waals surface area (Å²) in [5.41, 5.74) is 1.89. The summed E-state index contributed by atoms with van der Waals surface area (Å²) in [5.74, 6) is -0.447. The SMILES string of the molecule is CC(C)n1cnc2c1CN(S(=O)(=O)c1ccc(F)cc1)CC2. The summed E-state index contributed by atoms with van der Waals surface area (Å²) < 4.78 is 41.8. The molecule has 1 aromatic heterocycles. The molecule has 7 heteroatoms. The number of nitrogens with zero attached hydrogens (tertiary/aromatic N) is 3. The lowest BCUT2D eigenvalue weighted by Crippen LogP contribution is -2.36. The summed E-state index contributed by atoms with van der Waals surface area (Å²) >= 11 is 0. The molecule has 2 aromatic rings. The number of halogens is 1. The fourth-order valence-corrected chi connectivity index (χ4v) is 4.09. The van der Waals surface area contributed by atoms with Crippen LogP contribution in [0, 0.1) is 5.82 Å². The molecule has 0 unspecified atom stereocenters. The number of fused-ring (bicyclic) bond motifs is 1. The van der Waals surface area contributed by atoms with Gasteiger partial charge in [0.05, 0.1) is 29.2 Å². The quantitative estimate of drug-likeness (QED) is 0.871. The first-order valence-electron chi connectivity index (χ1n) is 7.20. The van der Waals surface area contributed by atoms with E-state index in [2.05, 4.69) is 4.98 Å². The van der Waals surface area contributed by atoms with E-state index in [0.717, 1.165) is 11.4 Å². The number of rotatable bonds is 3. The minimum absolute atomic E-state index is 0.118. The van der Waals surface area contributed by atoms with Gasteiger partial charge in [-0.05, 0) is 38.1 Å². The van der Waals surface area contributed by atoms with Gasteiger partial charge in [0, 0.05) is 19.0 Å². The molecule has 22 heavy (non-hydrogen) atoms. The van der Waals surface area contributed by atoms with Crippen LogP contribution in [-0.4, -0.2) is 28.8 Å². The lowest BCUT2D eigenvalue weighted by molar-refractivity contribution is 0.372. The summed E-state index contributed by atoms with van der Waals surface area (Å²) in [6.45, 7) is 4.76. The van der Waals surface area contributed by atoms with E-state index in [9.17, 15) is 12.8 Å². The zero-order valence-corrected chi connectivity index (χ0v) is 13.3. The van der Waals surface area contributed by atoms with Crippen LogP contribution in [0.15, 0.2) is 35.5 Å². The smallest absolute Gasteiger partial charge is 0.243 e. The lowest BCUT2D eigenvalue weighted by atomic mass is 10.2. The first-order valence-corrected chi connectivity index (χ1v) is 8.64. The fourth-order valence-electron chi connectivity index (χ4n) is 2.69. The van der Waals surface area contributed by atoms with Crippen LogP contribution in [0.4, 0.5) is 4.39 Å². The van der Waals surface area contributed by atoms with Gasteiger partial charge < -0.3 is 4.57 Å². The van der Waals surface area contributed by atoms with Crippen LogP contribution in [0.25, 0.3) is 0 Å². The van der Waals surface area contributed by atoms with Gasteiger partial charge in [-0.15, -0.1) is 0 Å². The highest BCUT2D eigenvalue weighted by molar-refractivity contribution is 7.89. The van der Waals surface area contributed by atoms with Gasteiger partial charge >= 0.3 is 0 Å². The van der Waals surface area contributed by atoms with Gasteiger partial charge in [-0.3, -0.25) is 0 Å². The normalized spacial score (nSPS) is 16.0. The molecular formula is C15H18FN3O2S. The number of aromatic nitrogens is 2. The van der Waals surface area contributed by atoms with Gasteiger partial charge in [0.15, 0.2) is 0 Å². The Morgan fingerprint density at radius 3 is 2.55 bits per heavy atom. The predicted octanol–water partition coefficient (Wildman–Crippen LogP) is 2.35. The van der Waals surface area contributed by atoms with E-state index >= 15 is 0 Å². The Morgan fingerprint density at radius 1 is 1.23 bits per heavy atom. The molecule has 118 valence electrons. The van der Waals surface area contributed by atoms with Crippen molar-refractivity contribution < 1.29 is 12.8 Å². The van der Waals surface area contributed by atoms with Crippen molar-refractivity contribution in [1.29, 1.82) is 0 Å². The molecule has 0 saturated carbocycles. The molecular weight excluding hydrogens is 305 g/mol. The molecule has 0 atom stereocenters. The van der Waals surface area contributed by atoms with Crippen LogP contribution in [0.3, 0.4) is 0 Å². The second-order valence-electron chi connectivity index (χ2n) is 5.68. The van der Waals surface area contributed by atoms with Gasteiger partial charge in [0.1, 0.15) is 5.82 Å². The molecule has 0 radical (unpaired) electrons. The van der Waals surface area contributed by atoms with Crippen LogP contribution >= 0.6 is 0 Å². The van der Waals surface area contributed by atoms with Crippen LogP contribution in [-0.2, 0) is 23.0 Å². The Bertz CT molecular complexity index is 782. The Morgan fingerprint density at radius 2 is 1.91 bits per heavy atom. The molecule has 0 saturated heterocycles. The van der Waals surface area contributed by atoms with Gasteiger partial charge in [0.2, 0.25) is 10.0 Å². The number of hydrogen-bond donors (Lipinski definition) is 0. The van der Waals surface area contributed by atoms with Crippen molar-refractivity contribution in [2.24, 2.45) is 0 Å². The standard InChI is InChI=1S/C15H18FN3O2S/c1-11(2)19-10-17-14-7-8-18(9-15(14)19)22(20,21)13-5-3-12(16)4-6-13/h3-6,10-11H,7-9H2,1-2H3. The first-order chi connectivity index (χ1) is 10.4. The third-order valence-electron chi connectivity index (χ3n) is 3.91. The van der Waals surface area contributed by atoms with Gasteiger partial charge in [-0.25, -0.2) is 17.8 Å². The molecule has 0 fully saturated rings. The molecule has 2 heterocycles. The van der Waals surface area contributed by atoms with E-state index in [1.807, 2.05) is 18.4 Å². The lowest BCUT2D eigenvalue weighted by Gasteiger charge is -2.27. The van der Waals surface area contributed by atoms with Crippen LogP contribution in [0.1, 0.15) is 31.3 Å². The number of imidazole rings is 1. The average Bonchev–Trinajstić information content (AvgIpc) is 2.90. The Kier molecular flexibility index (Phi) is 3.78. The van der Waals surface area contributed by atoms with Gasteiger partial charge in [-0.2, -0.15) is 4.31 Å². The molecule has 0 spiro atoms. The molecule has 1 aliphatic rings. The van der Waals surface area contributed by atoms with Crippen molar-refractivity contribution >= 4 is 10.0 Å². The summed E-state index contributed by atoms with van der Waals surface area (Å²) in [6, 6.07) is 5.17. The molecule has 0 aliphatic carbocycles. The second-order valence-corrected chi connectivity index (χ2v) is 7.62. The third-order valence-corrected chi connectivity index (χ3v) is 5.77. The number of sulfonamides is 1. The topological polar surface area (TPSA) is 55.2 Å². The fraction of sp³-hybridized carbons (Fsp3) is 0.400. The third kappa shape index (κ3) is 2.55. The zero-order chi connectivity index (χ0) is 15.9. The van der Waals surface area contributed by atoms with E-state index in [0.29, 0.717) is 19.5 Å². The maximum atomic E-state index is 13.0. The number of hydrogen-bond acceptors (Lipinski definition) is 3. The largest absolute Gasteiger partial charge is 0.331 e. The molecule has 3 rings (SSSR count). The van der Waals surface area contributed by atoms with E-state index in [1.165, 1.54) is 28.6 Å². The van der Waals surface area contributed by atoms with Crippen LogP contribution < -0.4 is 0 Å². The summed E-state index contributed by atoms with van der Waals surface area (Å²) in [7, 11) is -3.62. The van der Waals surface area contributed by atoms with E-state index < -0.39 is 15.8 Å². The maximum Gasteiger partial charge on any atom is 0.243 e. The monoisotopic (exact) mass is 323 g/mol. The number of benzene rings is 1. The van der Waals surface area contributed by atoms with Crippen molar-refractivity contribution in [2.45, 2.75) is 37.8 Å². The minimum atomic E-state index is -3.62. The minimum Gasteiger partial charge on any atom is -0.331 e. The van der Waals surface area contributed by atoms with E-state index in [4.69, 9.17) is 0 Å². The summed E-state index contributed by atoms with van der Waals surface area (Å²) in [4.78, 5) is 4.49. The van der Waals surface area contributed by atoms with E-state index in [-0.39, 0.29) is 10.9 Å². The van der Waals surface area contributed by atoms with E-state index in [1.54, 1.807) is 6.33 Å². The summed E-state index contributed by atoms with van der Waals surface area (Å²) in [6.07, 6.45) is 2.36. The molecule has 0 N–H and O–H groups in total. The van der Waals surface area contributed by atoms with Crippen LogP contribution in [0.2, 0.25) is 0 Å².